The van der Waals surface area contributed by atoms with Crippen LogP contribution in [0.3, 0.4) is 0 Å². The molecule has 2 amide bonds. The number of aryl methyl sites for hydroxylation is 1. The van der Waals surface area contributed by atoms with Gasteiger partial charge in [0.25, 0.3) is 5.91 Å². The van der Waals surface area contributed by atoms with Gasteiger partial charge in [0.1, 0.15) is 6.04 Å². The van der Waals surface area contributed by atoms with Gasteiger partial charge in [-0.3, -0.25) is 14.3 Å². The number of hydrogen-bond donors (Lipinski definition) is 3. The fraction of sp³-hybridized carbons (Fsp3) is 0.455. The van der Waals surface area contributed by atoms with Crippen LogP contribution in [0.2, 0.25) is 0 Å². The first-order valence-electron chi connectivity index (χ1n) is 5.63. The number of nitrogens with two attached hydrogens (primary N) is 1. The molecule has 0 aliphatic rings. The van der Waals surface area contributed by atoms with E-state index in [9.17, 15) is 14.4 Å². The molecule has 1 aromatic heterocycles. The van der Waals surface area contributed by atoms with Crippen LogP contribution in [0.5, 0.6) is 0 Å². The highest BCUT2D eigenvalue weighted by atomic mass is 16.4. The highest BCUT2D eigenvalue weighted by molar-refractivity contribution is 5.97. The largest absolute Gasteiger partial charge is 0.480 e. The van der Waals surface area contributed by atoms with Crippen molar-refractivity contribution in [2.24, 2.45) is 12.8 Å². The summed E-state index contributed by atoms with van der Waals surface area (Å²) in [6.45, 7) is 1.70. The summed E-state index contributed by atoms with van der Waals surface area (Å²) < 4.78 is 1.51. The number of primary amides is 1. The molecule has 8 nitrogen and oxygen atoms in total. The number of carboxylic acids is 1. The van der Waals surface area contributed by atoms with Gasteiger partial charge in [0, 0.05) is 19.2 Å². The van der Waals surface area contributed by atoms with Gasteiger partial charge >= 0.3 is 5.97 Å². The molecule has 19 heavy (non-hydrogen) atoms. The summed E-state index contributed by atoms with van der Waals surface area (Å²) >= 11 is 0. The van der Waals surface area contributed by atoms with Crippen LogP contribution >= 0.6 is 0 Å². The van der Waals surface area contributed by atoms with Crippen molar-refractivity contribution in [1.82, 2.24) is 15.1 Å². The third-order valence-electron chi connectivity index (χ3n) is 2.76. The van der Waals surface area contributed by atoms with Crippen LogP contribution < -0.4 is 11.1 Å². The summed E-state index contributed by atoms with van der Waals surface area (Å²) in [6, 6.07) is -1.15. The fourth-order valence-corrected chi connectivity index (χ4v) is 1.50. The molecule has 0 unspecified atom stereocenters. The maximum atomic E-state index is 11.9. The second-order valence-corrected chi connectivity index (χ2v) is 4.14. The number of hydrogen-bond acceptors (Lipinski definition) is 4. The molecule has 4 N–H and O–H groups in total. The molecule has 0 radical (unpaired) electrons. The molecule has 0 aromatic carbocycles. The maximum absolute atomic E-state index is 11.9. The fourth-order valence-electron chi connectivity index (χ4n) is 1.50. The van der Waals surface area contributed by atoms with Crippen LogP contribution in [0.25, 0.3) is 0 Å². The summed E-state index contributed by atoms with van der Waals surface area (Å²) in [4.78, 5) is 33.5. The molecule has 104 valence electrons. The molecule has 0 bridgehead atoms. The van der Waals surface area contributed by atoms with E-state index in [-0.39, 0.29) is 12.8 Å². The van der Waals surface area contributed by atoms with Crippen LogP contribution in [0.4, 0.5) is 0 Å². The third-order valence-corrected chi connectivity index (χ3v) is 2.76. The van der Waals surface area contributed by atoms with Gasteiger partial charge in [0.15, 0.2) is 0 Å². The maximum Gasteiger partial charge on any atom is 0.326 e. The lowest BCUT2D eigenvalue weighted by atomic mass is 10.1. The van der Waals surface area contributed by atoms with Crippen LogP contribution in [0.1, 0.15) is 28.9 Å². The van der Waals surface area contributed by atoms with E-state index in [0.29, 0.717) is 11.3 Å². The number of carboxylic acid groups (broad SMARTS) is 1. The molecule has 0 fully saturated rings. The number of amides is 2. The van der Waals surface area contributed by atoms with E-state index in [0.717, 1.165) is 0 Å². The Morgan fingerprint density at radius 2 is 2.16 bits per heavy atom. The minimum atomic E-state index is -1.21. The zero-order chi connectivity index (χ0) is 14.6. The first-order valence-corrected chi connectivity index (χ1v) is 5.63. The van der Waals surface area contributed by atoms with Gasteiger partial charge < -0.3 is 16.2 Å². The van der Waals surface area contributed by atoms with Crippen molar-refractivity contribution in [3.63, 3.8) is 0 Å². The molecule has 0 aliphatic heterocycles. The monoisotopic (exact) mass is 268 g/mol. The van der Waals surface area contributed by atoms with Gasteiger partial charge in [-0.2, -0.15) is 5.10 Å². The third kappa shape index (κ3) is 3.80. The van der Waals surface area contributed by atoms with Crippen molar-refractivity contribution in [2.75, 3.05) is 0 Å². The molecule has 1 heterocycles. The number of rotatable bonds is 6. The molecular weight excluding hydrogens is 252 g/mol. The molecule has 0 aliphatic carbocycles. The van der Waals surface area contributed by atoms with E-state index in [1.165, 1.54) is 10.9 Å². The summed E-state index contributed by atoms with van der Waals surface area (Å²) in [6.07, 6.45) is 1.21. The molecule has 1 aromatic rings. The number of carbonyl (C=O) groups excluding carboxylic acids is 2. The quantitative estimate of drug-likeness (QED) is 0.621. The van der Waals surface area contributed by atoms with Crippen molar-refractivity contribution in [3.8, 4) is 0 Å². The highest BCUT2D eigenvalue weighted by Crippen LogP contribution is 2.07. The van der Waals surface area contributed by atoms with Crippen molar-refractivity contribution in [3.05, 3.63) is 17.5 Å². The Kier molecular flexibility index (Phi) is 4.62. The minimum absolute atomic E-state index is 0.0459. The summed E-state index contributed by atoms with van der Waals surface area (Å²) in [7, 11) is 1.67. The number of nitrogens with zero attached hydrogens (tertiary/aromatic N) is 2. The Hall–Kier alpha value is -2.38. The van der Waals surface area contributed by atoms with Gasteiger partial charge in [-0.05, 0) is 13.3 Å². The molecule has 1 atom stereocenters. The molecule has 0 saturated carbocycles. The Morgan fingerprint density at radius 1 is 1.53 bits per heavy atom. The summed E-state index contributed by atoms with van der Waals surface area (Å²) in [5, 5.41) is 15.2. The molecule has 1 rings (SSSR count). The zero-order valence-electron chi connectivity index (χ0n) is 10.7. The van der Waals surface area contributed by atoms with Gasteiger partial charge in [-0.1, -0.05) is 0 Å². The van der Waals surface area contributed by atoms with Gasteiger partial charge in [-0.15, -0.1) is 0 Å². The highest BCUT2D eigenvalue weighted by Gasteiger charge is 2.22. The molecule has 0 spiro atoms. The smallest absolute Gasteiger partial charge is 0.326 e. The standard InChI is InChI=1S/C11H16N4O4/c1-6-7(5-13-15(6)2)10(17)14-8(11(18)19)3-4-9(12)16/h5,8H,3-4H2,1-2H3,(H2,12,16)(H,14,17)(H,18,19)/t8-/m0/s1. The predicted octanol–water partition coefficient (Wildman–Crippen LogP) is -0.823. The lowest BCUT2D eigenvalue weighted by Crippen LogP contribution is -2.41. The van der Waals surface area contributed by atoms with E-state index in [1.54, 1.807) is 14.0 Å². The predicted molar refractivity (Wildman–Crippen MR) is 65.3 cm³/mol. The number of aliphatic carboxylic acids is 1. The first-order chi connectivity index (χ1) is 8.82. The van der Waals surface area contributed by atoms with Crippen molar-refractivity contribution in [1.29, 1.82) is 0 Å². The first kappa shape index (κ1) is 14.7. The van der Waals surface area contributed by atoms with Crippen LogP contribution in [0.15, 0.2) is 6.20 Å². The Labute approximate surface area is 109 Å². The van der Waals surface area contributed by atoms with E-state index in [4.69, 9.17) is 10.8 Å². The van der Waals surface area contributed by atoms with Gasteiger partial charge in [0.2, 0.25) is 5.91 Å². The number of carbonyl (C=O) groups is 3. The SMILES string of the molecule is Cc1c(C(=O)N[C@@H](CCC(N)=O)C(=O)O)cnn1C. The second-order valence-electron chi connectivity index (χ2n) is 4.14. The zero-order valence-corrected chi connectivity index (χ0v) is 10.7. The van der Waals surface area contributed by atoms with Crippen LogP contribution in [-0.2, 0) is 16.6 Å². The van der Waals surface area contributed by atoms with Crippen LogP contribution in [0, 0.1) is 6.92 Å². The van der Waals surface area contributed by atoms with Crippen molar-refractivity contribution in [2.45, 2.75) is 25.8 Å². The van der Waals surface area contributed by atoms with E-state index >= 15 is 0 Å². The van der Waals surface area contributed by atoms with E-state index in [1.807, 2.05) is 0 Å². The number of aromatic nitrogens is 2. The average molecular weight is 268 g/mol. The Balaban J connectivity index is 2.74. The normalized spacial score (nSPS) is 11.9. The molecule has 8 heteroatoms. The Bertz CT molecular complexity index is 509. The lowest BCUT2D eigenvalue weighted by molar-refractivity contribution is -0.139. The van der Waals surface area contributed by atoms with E-state index < -0.39 is 23.8 Å². The lowest BCUT2D eigenvalue weighted by Gasteiger charge is -2.13. The average Bonchev–Trinajstić information content (AvgIpc) is 2.64. The summed E-state index contributed by atoms with van der Waals surface area (Å²) in [5.74, 6) is -2.36. The molecule has 0 saturated heterocycles. The Morgan fingerprint density at radius 3 is 2.58 bits per heavy atom. The van der Waals surface area contributed by atoms with E-state index in [2.05, 4.69) is 10.4 Å². The minimum Gasteiger partial charge on any atom is -0.480 e. The molecular formula is C11H16N4O4. The van der Waals surface area contributed by atoms with Gasteiger partial charge in [-0.25, -0.2) is 4.79 Å². The number of nitrogens with one attached hydrogen (secondary N) is 1. The van der Waals surface area contributed by atoms with Gasteiger partial charge in [0.05, 0.1) is 11.8 Å². The second kappa shape index (κ2) is 5.98. The van der Waals surface area contributed by atoms with Crippen molar-refractivity contribution >= 4 is 17.8 Å². The van der Waals surface area contributed by atoms with Crippen molar-refractivity contribution < 1.29 is 19.5 Å². The summed E-state index contributed by atoms with van der Waals surface area (Å²) in [5.41, 5.74) is 5.87. The topological polar surface area (TPSA) is 127 Å². The van der Waals surface area contributed by atoms with Crippen LogP contribution in [-0.4, -0.2) is 38.7 Å².